The highest BCUT2D eigenvalue weighted by atomic mass is 35.5. The molecule has 1 fully saturated rings. The Kier molecular flexibility index (Phi) is 8.52. The number of thioether (sulfide) groups is 1. The molecule has 1 aromatic rings. The van der Waals surface area contributed by atoms with Gasteiger partial charge in [0.25, 0.3) is 0 Å². The molecule has 2 rings (SSSR count). The van der Waals surface area contributed by atoms with Gasteiger partial charge in [0.2, 0.25) is 5.91 Å². The van der Waals surface area contributed by atoms with Crippen LogP contribution in [-0.2, 0) is 9.53 Å². The average Bonchev–Trinajstić information content (AvgIpc) is 2.61. The van der Waals surface area contributed by atoms with E-state index in [4.69, 9.17) is 22.8 Å². The Balaban J connectivity index is 1.58. The van der Waals surface area contributed by atoms with Gasteiger partial charge < -0.3 is 9.64 Å². The molecule has 1 saturated heterocycles. The maximum absolute atomic E-state index is 12.3. The zero-order chi connectivity index (χ0) is 17.2. The van der Waals surface area contributed by atoms with Crippen molar-refractivity contribution in [1.29, 1.82) is 0 Å². The summed E-state index contributed by atoms with van der Waals surface area (Å²) in [7, 11) is 0. The van der Waals surface area contributed by atoms with E-state index in [1.807, 2.05) is 29.2 Å². The van der Waals surface area contributed by atoms with Gasteiger partial charge >= 0.3 is 0 Å². The minimum atomic E-state index is 0.273. The summed E-state index contributed by atoms with van der Waals surface area (Å²) >= 11 is 7.64. The summed E-state index contributed by atoms with van der Waals surface area (Å²) in [5.41, 5.74) is 0. The second-order valence-electron chi connectivity index (χ2n) is 5.95. The lowest BCUT2D eigenvalue weighted by atomic mass is 9.97. The Bertz CT molecular complexity index is 547. The molecule has 5 heteroatoms. The van der Waals surface area contributed by atoms with E-state index in [2.05, 4.69) is 5.92 Å². The van der Waals surface area contributed by atoms with Crippen molar-refractivity contribution in [3.8, 4) is 12.3 Å². The molecule has 0 bridgehead atoms. The van der Waals surface area contributed by atoms with Gasteiger partial charge in [-0.05, 0) is 55.2 Å². The molecular weight excluding hydrogens is 342 g/mol. The Morgan fingerprint density at radius 2 is 2.04 bits per heavy atom. The van der Waals surface area contributed by atoms with Crippen LogP contribution in [0.15, 0.2) is 29.2 Å². The van der Waals surface area contributed by atoms with Gasteiger partial charge in [-0.2, -0.15) is 0 Å². The third kappa shape index (κ3) is 6.76. The van der Waals surface area contributed by atoms with Crippen molar-refractivity contribution < 1.29 is 9.53 Å². The molecule has 24 heavy (non-hydrogen) atoms. The number of likely N-dealkylation sites (tertiary alicyclic amines) is 1. The summed E-state index contributed by atoms with van der Waals surface area (Å²) in [6, 6.07) is 7.82. The maximum atomic E-state index is 12.3. The van der Waals surface area contributed by atoms with Crippen molar-refractivity contribution in [3.63, 3.8) is 0 Å². The second-order valence-corrected chi connectivity index (χ2v) is 7.55. The molecule has 0 aliphatic carbocycles. The fraction of sp³-hybridized carbons (Fsp3) is 0.526. The van der Waals surface area contributed by atoms with Crippen LogP contribution < -0.4 is 0 Å². The van der Waals surface area contributed by atoms with E-state index in [1.165, 1.54) is 4.90 Å². The van der Waals surface area contributed by atoms with E-state index in [0.29, 0.717) is 25.6 Å². The Morgan fingerprint density at radius 3 is 2.71 bits per heavy atom. The van der Waals surface area contributed by atoms with Crippen LogP contribution in [0.2, 0.25) is 5.02 Å². The molecule has 0 saturated carbocycles. The predicted octanol–water partition coefficient (Wildman–Crippen LogP) is 4.10. The van der Waals surface area contributed by atoms with Gasteiger partial charge in [0.15, 0.2) is 0 Å². The summed E-state index contributed by atoms with van der Waals surface area (Å²) < 4.78 is 5.40. The highest BCUT2D eigenvalue weighted by Crippen LogP contribution is 2.22. The first kappa shape index (κ1) is 19.2. The number of terminal acetylenes is 1. The SMILES string of the molecule is C#CCOCC1CCN(C(=O)CCCSc2ccc(Cl)cc2)CC1. The van der Waals surface area contributed by atoms with Gasteiger partial charge in [-0.15, -0.1) is 18.2 Å². The normalized spacial score (nSPS) is 15.2. The lowest BCUT2D eigenvalue weighted by Crippen LogP contribution is -2.39. The molecule has 1 aromatic carbocycles. The number of halogens is 1. The molecule has 0 N–H and O–H groups in total. The van der Waals surface area contributed by atoms with Gasteiger partial charge in [-0.1, -0.05) is 17.5 Å². The van der Waals surface area contributed by atoms with Crippen molar-refractivity contribution >= 4 is 29.3 Å². The lowest BCUT2D eigenvalue weighted by molar-refractivity contribution is -0.132. The number of carbonyl (C=O) groups excluding carboxylic acids is 1. The standard InChI is InChI=1S/C19H24ClNO2S/c1-2-13-23-15-16-9-11-21(12-10-16)19(22)4-3-14-24-18-7-5-17(20)6-8-18/h1,5-8,16H,3-4,9-15H2. The molecule has 1 heterocycles. The van der Waals surface area contributed by atoms with Crippen LogP contribution in [0.25, 0.3) is 0 Å². The molecule has 1 aliphatic heterocycles. The lowest BCUT2D eigenvalue weighted by Gasteiger charge is -2.31. The summed E-state index contributed by atoms with van der Waals surface area (Å²) in [5.74, 6) is 4.23. The van der Waals surface area contributed by atoms with Crippen LogP contribution in [-0.4, -0.2) is 42.9 Å². The van der Waals surface area contributed by atoms with Crippen LogP contribution >= 0.6 is 23.4 Å². The fourth-order valence-corrected chi connectivity index (χ4v) is 3.71. The maximum Gasteiger partial charge on any atom is 0.222 e. The van der Waals surface area contributed by atoms with E-state index in [-0.39, 0.29) is 5.91 Å². The smallest absolute Gasteiger partial charge is 0.222 e. The molecule has 0 unspecified atom stereocenters. The molecule has 0 atom stereocenters. The van der Waals surface area contributed by atoms with Crippen molar-refractivity contribution in [2.24, 2.45) is 5.92 Å². The zero-order valence-electron chi connectivity index (χ0n) is 13.9. The Labute approximate surface area is 154 Å². The van der Waals surface area contributed by atoms with Crippen molar-refractivity contribution in [2.75, 3.05) is 32.1 Å². The number of piperidine rings is 1. The van der Waals surface area contributed by atoms with Crippen molar-refractivity contribution in [3.05, 3.63) is 29.3 Å². The summed E-state index contributed by atoms with van der Waals surface area (Å²) in [6.45, 7) is 2.77. The predicted molar refractivity (Wildman–Crippen MR) is 100 cm³/mol. The van der Waals surface area contributed by atoms with Crippen molar-refractivity contribution in [1.82, 2.24) is 4.90 Å². The number of amides is 1. The first-order chi connectivity index (χ1) is 11.7. The fourth-order valence-electron chi connectivity index (χ4n) is 2.74. The quantitative estimate of drug-likeness (QED) is 0.394. The first-order valence-corrected chi connectivity index (χ1v) is 9.72. The summed E-state index contributed by atoms with van der Waals surface area (Å²) in [5, 5.41) is 0.752. The number of carbonyl (C=O) groups is 1. The van der Waals surface area contributed by atoms with Crippen LogP contribution in [0.4, 0.5) is 0 Å². The molecule has 130 valence electrons. The van der Waals surface area contributed by atoms with E-state index in [9.17, 15) is 4.79 Å². The summed E-state index contributed by atoms with van der Waals surface area (Å²) in [4.78, 5) is 15.4. The van der Waals surface area contributed by atoms with E-state index < -0.39 is 0 Å². The van der Waals surface area contributed by atoms with Gasteiger partial charge in [0, 0.05) is 29.4 Å². The molecule has 1 amide bonds. The largest absolute Gasteiger partial charge is 0.369 e. The van der Waals surface area contributed by atoms with Crippen LogP contribution in [0.5, 0.6) is 0 Å². The number of hydrogen-bond acceptors (Lipinski definition) is 3. The molecule has 0 spiro atoms. The average molecular weight is 366 g/mol. The van der Waals surface area contributed by atoms with E-state index in [1.54, 1.807) is 11.8 Å². The minimum Gasteiger partial charge on any atom is -0.369 e. The molecule has 1 aliphatic rings. The van der Waals surface area contributed by atoms with Crippen LogP contribution in [0.1, 0.15) is 25.7 Å². The number of benzene rings is 1. The summed E-state index contributed by atoms with van der Waals surface area (Å²) in [6.07, 6.45) is 8.72. The van der Waals surface area contributed by atoms with Crippen molar-refractivity contribution in [2.45, 2.75) is 30.6 Å². The monoisotopic (exact) mass is 365 g/mol. The van der Waals surface area contributed by atoms with Gasteiger partial charge in [-0.25, -0.2) is 0 Å². The van der Waals surface area contributed by atoms with Crippen LogP contribution in [0, 0.1) is 18.3 Å². The molecule has 3 nitrogen and oxygen atoms in total. The first-order valence-electron chi connectivity index (χ1n) is 8.36. The van der Waals surface area contributed by atoms with Gasteiger partial charge in [0.05, 0.1) is 6.61 Å². The molecule has 0 aromatic heterocycles. The minimum absolute atomic E-state index is 0.273. The van der Waals surface area contributed by atoms with E-state index in [0.717, 1.165) is 43.1 Å². The zero-order valence-corrected chi connectivity index (χ0v) is 15.5. The van der Waals surface area contributed by atoms with Gasteiger partial charge in [0.1, 0.15) is 6.61 Å². The number of ether oxygens (including phenoxy) is 1. The number of hydrogen-bond donors (Lipinski definition) is 0. The van der Waals surface area contributed by atoms with Gasteiger partial charge in [-0.3, -0.25) is 4.79 Å². The van der Waals surface area contributed by atoms with Crippen LogP contribution in [0.3, 0.4) is 0 Å². The molecule has 0 radical (unpaired) electrons. The third-order valence-corrected chi connectivity index (χ3v) is 5.47. The van der Waals surface area contributed by atoms with E-state index >= 15 is 0 Å². The molecular formula is C19H24ClNO2S. The second kappa shape index (κ2) is 10.7. The highest BCUT2D eigenvalue weighted by Gasteiger charge is 2.22. The Morgan fingerprint density at radius 1 is 1.33 bits per heavy atom. The highest BCUT2D eigenvalue weighted by molar-refractivity contribution is 7.99. The topological polar surface area (TPSA) is 29.5 Å². The third-order valence-electron chi connectivity index (χ3n) is 4.12. The number of rotatable bonds is 8. The number of nitrogens with zero attached hydrogens (tertiary/aromatic N) is 1. The Hall–Kier alpha value is -1.15.